The molecule has 2 aromatic rings. The van der Waals surface area contributed by atoms with E-state index in [-0.39, 0.29) is 35.7 Å². The van der Waals surface area contributed by atoms with Gasteiger partial charge in [-0.25, -0.2) is 9.78 Å². The number of H-pyrrole nitrogens is 2. The summed E-state index contributed by atoms with van der Waals surface area (Å²) in [4.78, 5) is 54.7. The Hall–Kier alpha value is -3.90. The SMILES string of the molecule is COC(=O)NC(C(=O)N1CCCC1c1nc(C2=CC=C(C3=CC=C(c4cc(C)c(C5CCCN5C(=O)C(N)C(C)C)[nH]4)CC3)CC2)c(Br)[nH]1)C(C)C. The smallest absolute Gasteiger partial charge is 0.407 e. The third-order valence-corrected chi connectivity index (χ3v) is 11.8. The number of aromatic nitrogens is 3. The Morgan fingerprint density at radius 1 is 0.865 bits per heavy atom. The van der Waals surface area contributed by atoms with Crippen LogP contribution in [0.2, 0.25) is 0 Å². The molecular weight excluding hydrogens is 722 g/mol. The summed E-state index contributed by atoms with van der Waals surface area (Å²) in [5, 5.41) is 2.72. The van der Waals surface area contributed by atoms with E-state index in [1.165, 1.54) is 29.4 Å². The Labute approximate surface area is 315 Å². The Balaban J connectivity index is 1.14. The van der Waals surface area contributed by atoms with E-state index < -0.39 is 18.2 Å². The van der Waals surface area contributed by atoms with Crippen LogP contribution in [0, 0.1) is 18.8 Å². The molecule has 0 aromatic carbocycles. The van der Waals surface area contributed by atoms with Crippen LogP contribution in [0.15, 0.2) is 46.1 Å². The van der Waals surface area contributed by atoms with Crippen molar-refractivity contribution in [2.24, 2.45) is 17.6 Å². The second-order valence-electron chi connectivity index (χ2n) is 15.3. The fraction of sp³-hybridized carbons (Fsp3) is 0.550. The lowest BCUT2D eigenvalue weighted by molar-refractivity contribution is -0.136. The number of imidazole rings is 1. The molecule has 4 heterocycles. The highest BCUT2D eigenvalue weighted by atomic mass is 79.9. The third-order valence-electron chi connectivity index (χ3n) is 11.2. The van der Waals surface area contributed by atoms with Crippen LogP contribution in [0.3, 0.4) is 0 Å². The van der Waals surface area contributed by atoms with Crippen LogP contribution in [0.1, 0.15) is 120 Å². The molecule has 0 radical (unpaired) electrons. The molecule has 5 N–H and O–H groups in total. The number of nitrogens with one attached hydrogen (secondary N) is 3. The molecule has 52 heavy (non-hydrogen) atoms. The number of amides is 3. The van der Waals surface area contributed by atoms with Gasteiger partial charge in [-0.15, -0.1) is 0 Å². The zero-order chi connectivity index (χ0) is 37.3. The molecule has 4 aliphatic rings. The van der Waals surface area contributed by atoms with Gasteiger partial charge in [0.15, 0.2) is 0 Å². The zero-order valence-electron chi connectivity index (χ0n) is 31.4. The van der Waals surface area contributed by atoms with E-state index >= 15 is 0 Å². The number of allylic oxidation sites excluding steroid dienone is 8. The number of aromatic amines is 2. The zero-order valence-corrected chi connectivity index (χ0v) is 32.9. The minimum Gasteiger partial charge on any atom is -0.453 e. The number of carbonyl (C=O) groups excluding carboxylic acids is 3. The molecule has 4 unspecified atom stereocenters. The first-order chi connectivity index (χ1) is 24.9. The van der Waals surface area contributed by atoms with Crippen molar-refractivity contribution in [1.82, 2.24) is 30.1 Å². The Morgan fingerprint density at radius 2 is 1.44 bits per heavy atom. The predicted octanol–water partition coefficient (Wildman–Crippen LogP) is 7.41. The van der Waals surface area contributed by atoms with Gasteiger partial charge in [-0.2, -0.15) is 0 Å². The largest absolute Gasteiger partial charge is 0.453 e. The van der Waals surface area contributed by atoms with Gasteiger partial charge in [0.05, 0.1) is 30.9 Å². The van der Waals surface area contributed by atoms with Gasteiger partial charge in [-0.3, -0.25) is 9.59 Å². The van der Waals surface area contributed by atoms with Crippen LogP contribution in [0.25, 0.3) is 11.1 Å². The monoisotopic (exact) mass is 775 g/mol. The Kier molecular flexibility index (Phi) is 11.6. The summed E-state index contributed by atoms with van der Waals surface area (Å²) in [5.41, 5.74) is 15.8. The van der Waals surface area contributed by atoms with E-state index in [9.17, 15) is 14.4 Å². The number of hydrogen-bond acceptors (Lipinski definition) is 6. The van der Waals surface area contributed by atoms with Crippen LogP contribution in [0.4, 0.5) is 4.79 Å². The Bertz CT molecular complexity index is 1810. The van der Waals surface area contributed by atoms with Crippen LogP contribution < -0.4 is 11.1 Å². The average Bonchev–Trinajstić information content (AvgIpc) is 3.96. The normalized spacial score (nSPS) is 21.9. The molecule has 2 aliphatic heterocycles. The van der Waals surface area contributed by atoms with Crippen LogP contribution in [0.5, 0.6) is 0 Å². The molecule has 2 aromatic heterocycles. The van der Waals surface area contributed by atoms with E-state index in [1.807, 2.05) is 37.5 Å². The van der Waals surface area contributed by atoms with Crippen LogP contribution in [-0.4, -0.2) is 74.9 Å². The van der Waals surface area contributed by atoms with Gasteiger partial charge in [0.25, 0.3) is 0 Å². The maximum atomic E-state index is 13.6. The van der Waals surface area contributed by atoms with Crippen LogP contribution >= 0.6 is 15.9 Å². The van der Waals surface area contributed by atoms with E-state index in [0.29, 0.717) is 6.54 Å². The van der Waals surface area contributed by atoms with Crippen molar-refractivity contribution < 1.29 is 19.1 Å². The second kappa shape index (κ2) is 16.0. The fourth-order valence-electron chi connectivity index (χ4n) is 8.06. The summed E-state index contributed by atoms with van der Waals surface area (Å²) in [6.45, 7) is 11.3. The van der Waals surface area contributed by atoms with Crippen molar-refractivity contribution in [2.75, 3.05) is 20.2 Å². The first-order valence-corrected chi connectivity index (χ1v) is 19.6. The third kappa shape index (κ3) is 7.74. The second-order valence-corrected chi connectivity index (χ2v) is 16.1. The van der Waals surface area contributed by atoms with E-state index in [2.05, 4.69) is 68.5 Å². The molecule has 0 saturated carbocycles. The molecule has 11 nitrogen and oxygen atoms in total. The molecule has 2 saturated heterocycles. The predicted molar refractivity (Wildman–Crippen MR) is 207 cm³/mol. The number of aryl methyl sites for hydroxylation is 1. The number of ether oxygens (including phenoxy) is 1. The Morgan fingerprint density at radius 3 is 2.02 bits per heavy atom. The summed E-state index contributed by atoms with van der Waals surface area (Å²) in [7, 11) is 1.30. The van der Waals surface area contributed by atoms with Gasteiger partial charge >= 0.3 is 6.09 Å². The summed E-state index contributed by atoms with van der Waals surface area (Å²) < 4.78 is 5.59. The molecule has 0 bridgehead atoms. The molecule has 280 valence electrons. The lowest BCUT2D eigenvalue weighted by Crippen LogP contribution is -2.51. The first-order valence-electron chi connectivity index (χ1n) is 18.8. The summed E-state index contributed by atoms with van der Waals surface area (Å²) in [6, 6.07) is 0.947. The van der Waals surface area contributed by atoms with Crippen molar-refractivity contribution in [3.8, 4) is 0 Å². The minimum absolute atomic E-state index is 0.0486. The van der Waals surface area contributed by atoms with Gasteiger partial charge in [-0.1, -0.05) is 52.0 Å². The number of nitrogens with two attached hydrogens (primary N) is 1. The summed E-state index contributed by atoms with van der Waals surface area (Å²) in [6.07, 6.45) is 15.6. The van der Waals surface area contributed by atoms with Gasteiger partial charge < -0.3 is 35.6 Å². The van der Waals surface area contributed by atoms with Crippen molar-refractivity contribution in [1.29, 1.82) is 0 Å². The average molecular weight is 777 g/mol. The minimum atomic E-state index is -0.672. The van der Waals surface area contributed by atoms with Gasteiger partial charge in [-0.05, 0) is 120 Å². The molecule has 0 spiro atoms. The van der Waals surface area contributed by atoms with E-state index in [0.717, 1.165) is 91.0 Å². The van der Waals surface area contributed by atoms with Gasteiger partial charge in [0, 0.05) is 24.5 Å². The van der Waals surface area contributed by atoms with Crippen molar-refractivity contribution in [2.45, 2.75) is 110 Å². The topological polar surface area (TPSA) is 149 Å². The fourth-order valence-corrected chi connectivity index (χ4v) is 8.61. The lowest BCUT2D eigenvalue weighted by Gasteiger charge is -2.30. The van der Waals surface area contributed by atoms with E-state index in [1.54, 1.807) is 0 Å². The van der Waals surface area contributed by atoms with Gasteiger partial charge in [0.1, 0.15) is 16.5 Å². The number of halogens is 1. The highest BCUT2D eigenvalue weighted by molar-refractivity contribution is 9.10. The number of carbonyl (C=O) groups is 3. The quantitative estimate of drug-likeness (QED) is 0.198. The van der Waals surface area contributed by atoms with E-state index in [4.69, 9.17) is 15.5 Å². The highest BCUT2D eigenvalue weighted by Crippen LogP contribution is 2.40. The van der Waals surface area contributed by atoms with Crippen molar-refractivity contribution >= 4 is 45.0 Å². The number of methoxy groups -OCH3 is 1. The number of alkyl carbamates (subject to hydrolysis) is 1. The molecule has 4 atom stereocenters. The molecule has 6 rings (SSSR count). The number of rotatable bonds is 10. The number of likely N-dealkylation sites (tertiary alicyclic amines) is 2. The molecular formula is C40H54BrN7O4. The maximum Gasteiger partial charge on any atom is 0.407 e. The maximum absolute atomic E-state index is 13.6. The molecule has 3 amide bonds. The molecule has 12 heteroatoms. The first kappa shape index (κ1) is 37.8. The number of hydrogen-bond donors (Lipinski definition) is 4. The van der Waals surface area contributed by atoms with Gasteiger partial charge in [0.2, 0.25) is 11.8 Å². The molecule has 2 fully saturated rings. The standard InChI is InChI=1S/C40H54BrN7O4/c1-22(2)32(42)38(49)47-19-7-9-30(47)34-24(5)21-29(43-34)27-15-11-25(12-16-27)26-13-17-28(18-14-26)35-36(41)46-37(44-35)31-10-8-20-48(31)39(50)33(23(3)4)45-40(51)52-6/h11,13,15,17,21-23,30-33,43H,7-10,12,14,16,18-20,42H2,1-6H3,(H,44,46)(H,45,51). The van der Waals surface area contributed by atoms with Crippen LogP contribution in [-0.2, 0) is 14.3 Å². The number of nitrogens with zero attached hydrogens (tertiary/aromatic N) is 3. The highest BCUT2D eigenvalue weighted by Gasteiger charge is 2.38. The lowest BCUT2D eigenvalue weighted by atomic mass is 9.86. The van der Waals surface area contributed by atoms with Crippen molar-refractivity contribution in [3.05, 3.63) is 74.6 Å². The summed E-state index contributed by atoms with van der Waals surface area (Å²) >= 11 is 3.72. The summed E-state index contributed by atoms with van der Waals surface area (Å²) in [5.74, 6) is 0.705. The molecule has 2 aliphatic carbocycles. The van der Waals surface area contributed by atoms with Crippen molar-refractivity contribution in [3.63, 3.8) is 0 Å².